The third kappa shape index (κ3) is 5.61. The van der Waals surface area contributed by atoms with Gasteiger partial charge in [0.1, 0.15) is 0 Å². The van der Waals surface area contributed by atoms with Gasteiger partial charge >= 0.3 is 5.97 Å². The Morgan fingerprint density at radius 3 is 2.79 bits per heavy atom. The highest BCUT2D eigenvalue weighted by Crippen LogP contribution is 2.18. The fourth-order valence-electron chi connectivity index (χ4n) is 1.45. The van der Waals surface area contributed by atoms with Gasteiger partial charge < -0.3 is 10.4 Å². The third-order valence-corrected chi connectivity index (χ3v) is 3.10. The molecule has 0 unspecified atom stereocenters. The molecule has 0 saturated heterocycles. The summed E-state index contributed by atoms with van der Waals surface area (Å²) in [7, 11) is 0. The number of aliphatic carboxylic acids is 1. The van der Waals surface area contributed by atoms with Crippen LogP contribution in [0.3, 0.4) is 0 Å². The van der Waals surface area contributed by atoms with Gasteiger partial charge in [-0.2, -0.15) is 11.8 Å². The van der Waals surface area contributed by atoms with Crippen LogP contribution in [0.4, 0.5) is 5.69 Å². The molecule has 5 heteroatoms. The summed E-state index contributed by atoms with van der Waals surface area (Å²) < 4.78 is 0. The standard InChI is InChI=1S/C14H17NO3S/c1-10-3-4-11(5-6-14(17)18)9-12(10)15-13(16)7-8-19-2/h3-6,9H,7-8H2,1-2H3,(H,15,16)(H,17,18). The molecule has 0 radical (unpaired) electrons. The van der Waals surface area contributed by atoms with Crippen LogP contribution < -0.4 is 5.32 Å². The lowest BCUT2D eigenvalue weighted by Gasteiger charge is -2.09. The van der Waals surface area contributed by atoms with Crippen molar-refractivity contribution in [2.45, 2.75) is 13.3 Å². The van der Waals surface area contributed by atoms with E-state index < -0.39 is 5.97 Å². The quantitative estimate of drug-likeness (QED) is 0.786. The number of carbonyl (C=O) groups is 2. The second-order valence-corrected chi connectivity index (χ2v) is 5.02. The van der Waals surface area contributed by atoms with Gasteiger partial charge in [0.05, 0.1) is 0 Å². The summed E-state index contributed by atoms with van der Waals surface area (Å²) in [5, 5.41) is 11.4. The summed E-state index contributed by atoms with van der Waals surface area (Å²) in [5.41, 5.74) is 2.41. The molecule has 102 valence electrons. The SMILES string of the molecule is CSCCC(=O)Nc1cc(C=CC(=O)O)ccc1C. The molecule has 0 bridgehead atoms. The maximum Gasteiger partial charge on any atom is 0.328 e. The van der Waals surface area contributed by atoms with E-state index in [4.69, 9.17) is 5.11 Å². The maximum absolute atomic E-state index is 11.7. The van der Waals surface area contributed by atoms with Crippen molar-refractivity contribution < 1.29 is 14.7 Å². The molecule has 1 aromatic rings. The minimum atomic E-state index is -0.994. The van der Waals surface area contributed by atoms with E-state index in [1.807, 2.05) is 25.3 Å². The predicted molar refractivity (Wildman–Crippen MR) is 79.5 cm³/mol. The van der Waals surface area contributed by atoms with Crippen LogP contribution in [0.5, 0.6) is 0 Å². The lowest BCUT2D eigenvalue weighted by atomic mass is 10.1. The third-order valence-electron chi connectivity index (χ3n) is 2.49. The maximum atomic E-state index is 11.7. The Balaban J connectivity index is 2.79. The zero-order chi connectivity index (χ0) is 14.3. The molecular formula is C14H17NO3S. The summed E-state index contributed by atoms with van der Waals surface area (Å²) >= 11 is 1.62. The molecule has 1 rings (SSSR count). The number of rotatable bonds is 6. The first kappa shape index (κ1) is 15.3. The Morgan fingerprint density at radius 1 is 1.42 bits per heavy atom. The number of anilines is 1. The molecule has 0 atom stereocenters. The fourth-order valence-corrected chi connectivity index (χ4v) is 1.84. The van der Waals surface area contributed by atoms with Crippen LogP contribution in [0, 0.1) is 6.92 Å². The van der Waals surface area contributed by atoms with Crippen LogP contribution in [-0.2, 0) is 9.59 Å². The lowest BCUT2D eigenvalue weighted by molar-refractivity contribution is -0.131. The summed E-state index contributed by atoms with van der Waals surface area (Å²) in [4.78, 5) is 22.1. The molecule has 0 saturated carbocycles. The summed E-state index contributed by atoms with van der Waals surface area (Å²) in [6, 6.07) is 5.43. The number of aryl methyl sites for hydroxylation is 1. The number of carboxylic acid groups (broad SMARTS) is 1. The number of amides is 1. The molecule has 2 N–H and O–H groups in total. The Kier molecular flexibility index (Phi) is 6.15. The molecule has 19 heavy (non-hydrogen) atoms. The molecule has 0 aliphatic rings. The van der Waals surface area contributed by atoms with E-state index in [-0.39, 0.29) is 5.91 Å². The first-order valence-electron chi connectivity index (χ1n) is 5.83. The van der Waals surface area contributed by atoms with Crippen molar-refractivity contribution in [3.63, 3.8) is 0 Å². The molecule has 0 aromatic heterocycles. The van der Waals surface area contributed by atoms with Crippen molar-refractivity contribution in [1.82, 2.24) is 0 Å². The van der Waals surface area contributed by atoms with Crippen molar-refractivity contribution in [1.29, 1.82) is 0 Å². The number of benzene rings is 1. The number of hydrogen-bond acceptors (Lipinski definition) is 3. The average Bonchev–Trinajstić information content (AvgIpc) is 2.37. The topological polar surface area (TPSA) is 66.4 Å². The highest BCUT2D eigenvalue weighted by Gasteiger charge is 2.05. The molecule has 0 aliphatic carbocycles. The average molecular weight is 279 g/mol. The molecular weight excluding hydrogens is 262 g/mol. The van der Waals surface area contributed by atoms with Crippen molar-refractivity contribution in [2.75, 3.05) is 17.3 Å². The van der Waals surface area contributed by atoms with E-state index in [1.54, 1.807) is 17.8 Å². The first-order valence-corrected chi connectivity index (χ1v) is 7.22. The van der Waals surface area contributed by atoms with E-state index >= 15 is 0 Å². The van der Waals surface area contributed by atoms with Crippen molar-refractivity contribution in [3.05, 3.63) is 35.4 Å². The van der Waals surface area contributed by atoms with E-state index in [2.05, 4.69) is 5.32 Å². The van der Waals surface area contributed by atoms with Crippen molar-refractivity contribution in [2.24, 2.45) is 0 Å². The number of carboxylic acids is 1. The summed E-state index contributed by atoms with van der Waals surface area (Å²) in [6.45, 7) is 1.90. The van der Waals surface area contributed by atoms with Gasteiger partial charge in [0, 0.05) is 23.9 Å². The van der Waals surface area contributed by atoms with Gasteiger partial charge in [-0.05, 0) is 36.4 Å². The van der Waals surface area contributed by atoms with Crippen LogP contribution in [-0.4, -0.2) is 29.0 Å². The van der Waals surface area contributed by atoms with Crippen LogP contribution in [0.2, 0.25) is 0 Å². The smallest absolute Gasteiger partial charge is 0.328 e. The van der Waals surface area contributed by atoms with Gasteiger partial charge in [-0.15, -0.1) is 0 Å². The summed E-state index contributed by atoms with van der Waals surface area (Å²) in [5.74, 6) is -0.244. The molecule has 0 spiro atoms. The van der Waals surface area contributed by atoms with Crippen molar-refractivity contribution >= 4 is 35.4 Å². The number of hydrogen-bond donors (Lipinski definition) is 2. The van der Waals surface area contributed by atoms with Gasteiger partial charge in [-0.1, -0.05) is 12.1 Å². The zero-order valence-electron chi connectivity index (χ0n) is 11.0. The highest BCUT2D eigenvalue weighted by atomic mass is 32.2. The molecule has 4 nitrogen and oxygen atoms in total. The number of thioether (sulfide) groups is 1. The number of nitrogens with one attached hydrogen (secondary N) is 1. The molecule has 0 heterocycles. The van der Waals surface area contributed by atoms with Crippen molar-refractivity contribution in [3.8, 4) is 0 Å². The van der Waals surface area contributed by atoms with Gasteiger partial charge in [0.25, 0.3) is 0 Å². The first-order chi connectivity index (χ1) is 9.02. The predicted octanol–water partition coefficient (Wildman–Crippen LogP) is 2.78. The Hall–Kier alpha value is -1.75. The Morgan fingerprint density at radius 2 is 2.16 bits per heavy atom. The molecule has 0 aliphatic heterocycles. The minimum Gasteiger partial charge on any atom is -0.478 e. The second-order valence-electron chi connectivity index (χ2n) is 4.04. The van der Waals surface area contributed by atoms with Crippen LogP contribution in [0.1, 0.15) is 17.5 Å². The van der Waals surface area contributed by atoms with Gasteiger partial charge in [0.2, 0.25) is 5.91 Å². The van der Waals surface area contributed by atoms with Gasteiger partial charge in [-0.3, -0.25) is 4.79 Å². The number of carbonyl (C=O) groups excluding carboxylic acids is 1. The minimum absolute atomic E-state index is 0.0307. The zero-order valence-corrected chi connectivity index (χ0v) is 11.8. The van der Waals surface area contributed by atoms with Gasteiger partial charge in [-0.25, -0.2) is 4.79 Å². The van der Waals surface area contributed by atoms with E-state index in [1.165, 1.54) is 6.08 Å². The Labute approximate surface area is 116 Å². The largest absolute Gasteiger partial charge is 0.478 e. The summed E-state index contributed by atoms with van der Waals surface area (Å²) in [6.07, 6.45) is 5.00. The molecule has 1 amide bonds. The monoisotopic (exact) mass is 279 g/mol. The lowest BCUT2D eigenvalue weighted by Crippen LogP contribution is -2.13. The van der Waals surface area contributed by atoms with Crippen LogP contribution in [0.15, 0.2) is 24.3 Å². The molecule has 1 aromatic carbocycles. The van der Waals surface area contributed by atoms with Crippen LogP contribution in [0.25, 0.3) is 6.08 Å². The van der Waals surface area contributed by atoms with E-state index in [9.17, 15) is 9.59 Å². The Bertz CT molecular complexity index is 497. The second kappa shape index (κ2) is 7.63. The molecule has 0 fully saturated rings. The highest BCUT2D eigenvalue weighted by molar-refractivity contribution is 7.98. The van der Waals surface area contributed by atoms with Crippen LogP contribution >= 0.6 is 11.8 Å². The van der Waals surface area contributed by atoms with E-state index in [0.717, 1.165) is 28.6 Å². The van der Waals surface area contributed by atoms with Gasteiger partial charge in [0.15, 0.2) is 0 Å². The van der Waals surface area contributed by atoms with E-state index in [0.29, 0.717) is 6.42 Å². The fraction of sp³-hybridized carbons (Fsp3) is 0.286. The normalized spacial score (nSPS) is 10.6.